The lowest BCUT2D eigenvalue weighted by molar-refractivity contribution is 0.00938. The summed E-state index contributed by atoms with van der Waals surface area (Å²) in [5.74, 6) is 2.25. The van der Waals surface area contributed by atoms with Crippen LogP contribution < -0.4 is 15.2 Å². The molecule has 94 valence electrons. The van der Waals surface area contributed by atoms with Crippen molar-refractivity contribution in [1.82, 2.24) is 0 Å². The molecule has 1 aromatic rings. The van der Waals surface area contributed by atoms with Crippen LogP contribution in [0.3, 0.4) is 0 Å². The maximum atomic E-state index is 5.64. The number of nitrogens with two attached hydrogens (primary N) is 1. The van der Waals surface area contributed by atoms with Crippen molar-refractivity contribution in [2.75, 3.05) is 20.5 Å². The number of ether oxygens (including phenoxy) is 3. The number of hydrogen-bond acceptors (Lipinski definition) is 4. The molecule has 1 saturated carbocycles. The van der Waals surface area contributed by atoms with Gasteiger partial charge < -0.3 is 19.9 Å². The average Bonchev–Trinajstić information content (AvgIpc) is 3.18. The van der Waals surface area contributed by atoms with Crippen molar-refractivity contribution in [2.45, 2.75) is 19.4 Å². The molecular formula is C13H19NO3. The minimum atomic E-state index is 0.274. The quantitative estimate of drug-likeness (QED) is 0.581. The molecule has 0 amide bonds. The van der Waals surface area contributed by atoms with Crippen molar-refractivity contribution in [1.29, 1.82) is 0 Å². The lowest BCUT2D eigenvalue weighted by Crippen LogP contribution is -2.08. The third-order valence-corrected chi connectivity index (χ3v) is 2.84. The Balaban J connectivity index is 1.87. The Labute approximate surface area is 102 Å². The van der Waals surface area contributed by atoms with Gasteiger partial charge in [-0.2, -0.15) is 0 Å². The number of hydrogen-bond donors (Lipinski definition) is 1. The maximum Gasteiger partial charge on any atom is 0.189 e. The molecular weight excluding hydrogens is 218 g/mol. The van der Waals surface area contributed by atoms with Crippen LogP contribution in [0, 0.1) is 5.92 Å². The molecule has 0 radical (unpaired) electrons. The zero-order valence-electron chi connectivity index (χ0n) is 10.1. The van der Waals surface area contributed by atoms with Crippen LogP contribution in [0.4, 0.5) is 0 Å². The van der Waals surface area contributed by atoms with Crippen LogP contribution in [0.15, 0.2) is 18.2 Å². The molecule has 17 heavy (non-hydrogen) atoms. The molecule has 4 nitrogen and oxygen atoms in total. The van der Waals surface area contributed by atoms with E-state index in [1.54, 1.807) is 7.11 Å². The molecule has 1 aliphatic rings. The van der Waals surface area contributed by atoms with Crippen molar-refractivity contribution in [3.05, 3.63) is 23.8 Å². The fraction of sp³-hybridized carbons (Fsp3) is 0.538. The second kappa shape index (κ2) is 5.89. The highest BCUT2D eigenvalue weighted by atomic mass is 16.7. The molecule has 0 spiro atoms. The number of rotatable bonds is 7. The summed E-state index contributed by atoms with van der Waals surface area (Å²) in [5.41, 5.74) is 6.60. The second-order valence-electron chi connectivity index (χ2n) is 4.25. The van der Waals surface area contributed by atoms with Gasteiger partial charge in [-0.05, 0) is 24.8 Å². The van der Waals surface area contributed by atoms with E-state index in [-0.39, 0.29) is 6.79 Å². The van der Waals surface area contributed by atoms with Crippen LogP contribution >= 0.6 is 0 Å². The normalized spacial score (nSPS) is 14.7. The summed E-state index contributed by atoms with van der Waals surface area (Å²) in [6.45, 7) is 1.51. The molecule has 0 aliphatic heterocycles. The molecule has 0 unspecified atom stereocenters. The molecule has 1 fully saturated rings. The zero-order chi connectivity index (χ0) is 12.1. The van der Waals surface area contributed by atoms with Gasteiger partial charge in [-0.3, -0.25) is 0 Å². The van der Waals surface area contributed by atoms with Crippen molar-refractivity contribution in [3.63, 3.8) is 0 Å². The molecule has 1 aliphatic carbocycles. The predicted octanol–water partition coefficient (Wildman–Crippen LogP) is 1.92. The highest BCUT2D eigenvalue weighted by Crippen LogP contribution is 2.29. The fourth-order valence-corrected chi connectivity index (χ4v) is 1.57. The van der Waals surface area contributed by atoms with Gasteiger partial charge in [-0.15, -0.1) is 0 Å². The van der Waals surface area contributed by atoms with E-state index in [1.165, 1.54) is 12.8 Å². The van der Waals surface area contributed by atoms with Crippen molar-refractivity contribution < 1.29 is 14.2 Å². The average molecular weight is 237 g/mol. The van der Waals surface area contributed by atoms with Crippen molar-refractivity contribution in [3.8, 4) is 11.5 Å². The first kappa shape index (κ1) is 12.2. The standard InChI is InChI=1S/C13H19NO3/c1-15-12-5-4-11(7-14)13(6-12)17-9-16-8-10-2-3-10/h4-6,10H,2-3,7-9,14H2,1H3. The largest absolute Gasteiger partial charge is 0.497 e. The molecule has 2 N–H and O–H groups in total. The smallest absolute Gasteiger partial charge is 0.189 e. The van der Waals surface area contributed by atoms with Crippen LogP contribution in [0.2, 0.25) is 0 Å². The van der Waals surface area contributed by atoms with Gasteiger partial charge in [0.25, 0.3) is 0 Å². The van der Waals surface area contributed by atoms with E-state index in [1.807, 2.05) is 18.2 Å². The summed E-state index contributed by atoms with van der Waals surface area (Å²) in [6.07, 6.45) is 2.57. The summed E-state index contributed by atoms with van der Waals surface area (Å²) < 4.78 is 16.1. The highest BCUT2D eigenvalue weighted by molar-refractivity contribution is 5.40. The van der Waals surface area contributed by atoms with E-state index in [2.05, 4.69) is 0 Å². The van der Waals surface area contributed by atoms with Gasteiger partial charge in [-0.1, -0.05) is 6.07 Å². The third-order valence-electron chi connectivity index (χ3n) is 2.84. The van der Waals surface area contributed by atoms with Gasteiger partial charge in [0.2, 0.25) is 0 Å². The highest BCUT2D eigenvalue weighted by Gasteiger charge is 2.21. The number of methoxy groups -OCH3 is 1. The first-order chi connectivity index (χ1) is 8.33. The first-order valence-corrected chi connectivity index (χ1v) is 5.91. The van der Waals surface area contributed by atoms with Gasteiger partial charge in [0.05, 0.1) is 13.7 Å². The van der Waals surface area contributed by atoms with Crippen molar-refractivity contribution >= 4 is 0 Å². The van der Waals surface area contributed by atoms with Crippen molar-refractivity contribution in [2.24, 2.45) is 11.7 Å². The Bertz CT molecular complexity index is 364. The zero-order valence-corrected chi connectivity index (χ0v) is 10.1. The molecule has 4 heteroatoms. The Morgan fingerprint density at radius 3 is 2.82 bits per heavy atom. The summed E-state index contributed by atoms with van der Waals surface area (Å²) in [4.78, 5) is 0. The summed E-state index contributed by atoms with van der Waals surface area (Å²) in [6, 6.07) is 5.62. The molecule has 0 bridgehead atoms. The van der Waals surface area contributed by atoms with Gasteiger partial charge in [0.1, 0.15) is 11.5 Å². The van der Waals surface area contributed by atoms with Gasteiger partial charge in [0.15, 0.2) is 6.79 Å². The van der Waals surface area contributed by atoms with Gasteiger partial charge in [0, 0.05) is 18.2 Å². The van der Waals surface area contributed by atoms with E-state index >= 15 is 0 Å². The number of benzene rings is 1. The van der Waals surface area contributed by atoms with E-state index in [4.69, 9.17) is 19.9 Å². The minimum absolute atomic E-state index is 0.274. The Kier molecular flexibility index (Phi) is 4.23. The van der Waals surface area contributed by atoms with E-state index < -0.39 is 0 Å². The van der Waals surface area contributed by atoms with E-state index in [0.717, 1.165) is 29.6 Å². The van der Waals surface area contributed by atoms with Crippen LogP contribution in [0.5, 0.6) is 11.5 Å². The Hall–Kier alpha value is -1.26. The maximum absolute atomic E-state index is 5.64. The molecule has 0 aromatic heterocycles. The summed E-state index contributed by atoms with van der Waals surface area (Å²) in [5, 5.41) is 0. The van der Waals surface area contributed by atoms with E-state index in [0.29, 0.717) is 6.54 Å². The molecule has 0 atom stereocenters. The summed E-state index contributed by atoms with van der Waals surface area (Å²) >= 11 is 0. The van der Waals surface area contributed by atoms with E-state index in [9.17, 15) is 0 Å². The molecule has 1 aromatic carbocycles. The van der Waals surface area contributed by atoms with Crippen LogP contribution in [0.25, 0.3) is 0 Å². The predicted molar refractivity (Wildman–Crippen MR) is 65.1 cm³/mol. The molecule has 0 saturated heterocycles. The monoisotopic (exact) mass is 237 g/mol. The molecule has 0 heterocycles. The first-order valence-electron chi connectivity index (χ1n) is 5.91. The van der Waals surface area contributed by atoms with Gasteiger partial charge in [-0.25, -0.2) is 0 Å². The third kappa shape index (κ3) is 3.61. The van der Waals surface area contributed by atoms with Crippen LogP contribution in [-0.4, -0.2) is 20.5 Å². The second-order valence-corrected chi connectivity index (χ2v) is 4.25. The lowest BCUT2D eigenvalue weighted by atomic mass is 10.2. The van der Waals surface area contributed by atoms with Crippen LogP contribution in [0.1, 0.15) is 18.4 Å². The minimum Gasteiger partial charge on any atom is -0.497 e. The Morgan fingerprint density at radius 2 is 2.18 bits per heavy atom. The topological polar surface area (TPSA) is 53.7 Å². The van der Waals surface area contributed by atoms with Gasteiger partial charge >= 0.3 is 0 Å². The van der Waals surface area contributed by atoms with Crippen LogP contribution in [-0.2, 0) is 11.3 Å². The summed E-state index contributed by atoms with van der Waals surface area (Å²) in [7, 11) is 1.63. The Morgan fingerprint density at radius 1 is 1.35 bits per heavy atom. The SMILES string of the molecule is COc1ccc(CN)c(OCOCC2CC2)c1. The fourth-order valence-electron chi connectivity index (χ4n) is 1.57. The molecule has 2 rings (SSSR count). The lowest BCUT2D eigenvalue weighted by Gasteiger charge is -2.12.